The summed E-state index contributed by atoms with van der Waals surface area (Å²) in [7, 11) is 0. The first-order valence-corrected chi connectivity index (χ1v) is 10.4. The van der Waals surface area contributed by atoms with Crippen LogP contribution in [0.5, 0.6) is 0 Å². The van der Waals surface area contributed by atoms with Crippen LogP contribution >= 0.6 is 0 Å². The van der Waals surface area contributed by atoms with E-state index in [9.17, 15) is 19.2 Å². The lowest BCUT2D eigenvalue weighted by Crippen LogP contribution is -2.37. The van der Waals surface area contributed by atoms with E-state index in [1.165, 1.54) is 0 Å². The zero-order valence-electron chi connectivity index (χ0n) is 18.0. The molecule has 4 atom stereocenters. The number of esters is 2. The molecule has 2 aliphatic rings. The Morgan fingerprint density at radius 1 is 0.767 bits per heavy atom. The van der Waals surface area contributed by atoms with Gasteiger partial charge in [0.1, 0.15) is 12.2 Å². The molecular formula is C20H32N2O8. The van der Waals surface area contributed by atoms with Crippen LogP contribution < -0.4 is 10.6 Å². The Morgan fingerprint density at radius 2 is 1.13 bits per heavy atom. The molecule has 0 unspecified atom stereocenters. The van der Waals surface area contributed by atoms with Crippen molar-refractivity contribution in [1.82, 2.24) is 10.6 Å². The first-order valence-electron chi connectivity index (χ1n) is 10.4. The van der Waals surface area contributed by atoms with E-state index in [0.29, 0.717) is 0 Å². The van der Waals surface area contributed by atoms with Crippen molar-refractivity contribution in [2.24, 2.45) is 11.8 Å². The molecule has 0 saturated carbocycles. The number of hydrogen-bond donors (Lipinski definition) is 2. The maximum atomic E-state index is 12.0. The number of ether oxygens (including phenoxy) is 4. The van der Waals surface area contributed by atoms with Gasteiger partial charge in [-0.2, -0.15) is 0 Å². The lowest BCUT2D eigenvalue weighted by Gasteiger charge is -2.17. The van der Waals surface area contributed by atoms with Gasteiger partial charge >= 0.3 is 11.9 Å². The molecule has 10 heteroatoms. The second kappa shape index (κ2) is 11.3. The summed E-state index contributed by atoms with van der Waals surface area (Å²) in [6, 6.07) is 0. The normalized spacial score (nSPS) is 25.1. The quantitative estimate of drug-likeness (QED) is 0.463. The molecule has 0 aromatic rings. The van der Waals surface area contributed by atoms with Crippen molar-refractivity contribution >= 4 is 23.8 Å². The molecular weight excluding hydrogens is 396 g/mol. The second-order valence-corrected chi connectivity index (χ2v) is 8.04. The summed E-state index contributed by atoms with van der Waals surface area (Å²) in [5.74, 6) is -1.47. The van der Waals surface area contributed by atoms with Crippen LogP contribution in [-0.4, -0.2) is 74.5 Å². The van der Waals surface area contributed by atoms with E-state index in [0.717, 1.165) is 0 Å². The molecule has 2 amide bonds. The molecule has 2 aliphatic heterocycles. The number of hydrogen-bond acceptors (Lipinski definition) is 8. The Bertz CT molecular complexity index is 582. The highest BCUT2D eigenvalue weighted by Crippen LogP contribution is 2.30. The summed E-state index contributed by atoms with van der Waals surface area (Å²) < 4.78 is 22.1. The highest BCUT2D eigenvalue weighted by Gasteiger charge is 2.51. The van der Waals surface area contributed by atoms with Crippen LogP contribution in [0.2, 0.25) is 0 Å². The van der Waals surface area contributed by atoms with Crippen molar-refractivity contribution in [1.29, 1.82) is 0 Å². The summed E-state index contributed by atoms with van der Waals surface area (Å²) in [6.45, 7) is 7.78. The van der Waals surface area contributed by atoms with Crippen molar-refractivity contribution in [2.45, 2.75) is 65.0 Å². The minimum Gasteiger partial charge on any atom is -0.457 e. The van der Waals surface area contributed by atoms with Crippen LogP contribution in [0.25, 0.3) is 0 Å². The number of amides is 2. The van der Waals surface area contributed by atoms with Crippen LogP contribution in [0.3, 0.4) is 0 Å². The van der Waals surface area contributed by atoms with Gasteiger partial charge in [-0.05, 0) is 0 Å². The van der Waals surface area contributed by atoms with E-state index in [4.69, 9.17) is 18.9 Å². The van der Waals surface area contributed by atoms with Crippen LogP contribution in [0.4, 0.5) is 0 Å². The second-order valence-electron chi connectivity index (χ2n) is 8.04. The Hall–Kier alpha value is -2.20. The minimum atomic E-state index is -0.586. The van der Waals surface area contributed by atoms with Gasteiger partial charge in [0, 0.05) is 24.9 Å². The van der Waals surface area contributed by atoms with E-state index < -0.39 is 36.4 Å². The van der Waals surface area contributed by atoms with Crippen LogP contribution in [0.15, 0.2) is 0 Å². The van der Waals surface area contributed by atoms with Gasteiger partial charge in [0.15, 0.2) is 12.2 Å². The maximum absolute atomic E-state index is 12.0. The number of fused-ring (bicyclic) bond motifs is 1. The molecule has 10 nitrogen and oxygen atoms in total. The zero-order chi connectivity index (χ0) is 22.3. The predicted octanol–water partition coefficient (Wildman–Crippen LogP) is -0.0678. The molecule has 170 valence electrons. The fourth-order valence-electron chi connectivity index (χ4n) is 3.07. The third-order valence-corrected chi connectivity index (χ3v) is 4.83. The molecule has 0 spiro atoms. The average molecular weight is 428 g/mol. The monoisotopic (exact) mass is 428 g/mol. The molecule has 0 aromatic heterocycles. The van der Waals surface area contributed by atoms with Crippen LogP contribution in [0.1, 0.15) is 40.5 Å². The summed E-state index contributed by atoms with van der Waals surface area (Å²) in [5, 5.41) is 5.31. The van der Waals surface area contributed by atoms with E-state index in [1.807, 2.05) is 0 Å². The van der Waals surface area contributed by atoms with Crippen molar-refractivity contribution in [2.75, 3.05) is 26.3 Å². The standard InChI is InChI=1S/C20H32N2O8/c1-11(2)19(25)21-7-5-15(23)29-13-9-27-18-14(10-28-17(13)18)30-16(24)6-8-22-20(26)12(3)4/h11-14,17-18H,5-10H2,1-4H3,(H,21,25)(H,22,26)/t13-,14-,17-,18-/m1/s1. The van der Waals surface area contributed by atoms with Gasteiger partial charge in [0.05, 0.1) is 26.1 Å². The Labute approximate surface area is 176 Å². The van der Waals surface area contributed by atoms with Crippen LogP contribution in [0, 0.1) is 11.8 Å². The Balaban J connectivity index is 1.69. The molecule has 2 saturated heterocycles. The topological polar surface area (TPSA) is 129 Å². The molecule has 30 heavy (non-hydrogen) atoms. The van der Waals surface area contributed by atoms with Gasteiger partial charge in [0.2, 0.25) is 11.8 Å². The lowest BCUT2D eigenvalue weighted by molar-refractivity contribution is -0.155. The smallest absolute Gasteiger partial charge is 0.308 e. The van der Waals surface area contributed by atoms with Crippen molar-refractivity contribution < 1.29 is 38.1 Å². The third-order valence-electron chi connectivity index (χ3n) is 4.83. The number of carbonyl (C=O) groups is 4. The summed E-state index contributed by atoms with van der Waals surface area (Å²) >= 11 is 0. The number of rotatable bonds is 10. The van der Waals surface area contributed by atoms with Gasteiger partial charge in [0.25, 0.3) is 0 Å². The molecule has 2 N–H and O–H groups in total. The van der Waals surface area contributed by atoms with Gasteiger partial charge < -0.3 is 29.6 Å². The first-order chi connectivity index (χ1) is 14.2. The average Bonchev–Trinajstić information content (AvgIpc) is 3.25. The van der Waals surface area contributed by atoms with Gasteiger partial charge in [-0.1, -0.05) is 27.7 Å². The maximum Gasteiger partial charge on any atom is 0.308 e. The SMILES string of the molecule is CC(C)C(=O)NCCC(=O)O[C@@H]1CO[C@H]2[C@@H]1OC[C@H]2OC(=O)CCNC(=O)C(C)C. The third kappa shape index (κ3) is 6.94. The Kier molecular flexibility index (Phi) is 9.04. The molecule has 0 bridgehead atoms. The fraction of sp³-hybridized carbons (Fsp3) is 0.800. The molecule has 0 radical (unpaired) electrons. The highest BCUT2D eigenvalue weighted by molar-refractivity contribution is 5.79. The van der Waals surface area contributed by atoms with Gasteiger partial charge in [-0.25, -0.2) is 0 Å². The molecule has 0 aliphatic carbocycles. The molecule has 2 heterocycles. The summed E-state index contributed by atoms with van der Waals surface area (Å²) in [6.07, 6.45) is -2.08. The molecule has 2 rings (SSSR count). The van der Waals surface area contributed by atoms with Gasteiger partial charge in [-0.3, -0.25) is 19.2 Å². The predicted molar refractivity (Wildman–Crippen MR) is 104 cm³/mol. The summed E-state index contributed by atoms with van der Waals surface area (Å²) in [5.41, 5.74) is 0. The largest absolute Gasteiger partial charge is 0.457 e. The molecule has 0 aromatic carbocycles. The van der Waals surface area contributed by atoms with E-state index >= 15 is 0 Å². The van der Waals surface area contributed by atoms with Crippen molar-refractivity contribution in [3.63, 3.8) is 0 Å². The first kappa shape index (κ1) is 24.1. The van der Waals surface area contributed by atoms with E-state index in [2.05, 4.69) is 10.6 Å². The molecule has 2 fully saturated rings. The summed E-state index contributed by atoms with van der Waals surface area (Å²) in [4.78, 5) is 47.0. The highest BCUT2D eigenvalue weighted by atomic mass is 16.7. The Morgan fingerprint density at radius 3 is 1.47 bits per heavy atom. The zero-order valence-corrected chi connectivity index (χ0v) is 18.0. The number of carbonyl (C=O) groups excluding carboxylic acids is 4. The number of nitrogens with one attached hydrogen (secondary N) is 2. The van der Waals surface area contributed by atoms with Gasteiger partial charge in [-0.15, -0.1) is 0 Å². The fourth-order valence-corrected chi connectivity index (χ4v) is 3.07. The van der Waals surface area contributed by atoms with E-state index in [1.54, 1.807) is 27.7 Å². The minimum absolute atomic E-state index is 0.0485. The van der Waals surface area contributed by atoms with E-state index in [-0.39, 0.29) is 62.8 Å². The van der Waals surface area contributed by atoms with Crippen molar-refractivity contribution in [3.8, 4) is 0 Å². The van der Waals surface area contributed by atoms with Crippen LogP contribution in [-0.2, 0) is 38.1 Å². The lowest BCUT2D eigenvalue weighted by atomic mass is 10.1. The van der Waals surface area contributed by atoms with Crippen molar-refractivity contribution in [3.05, 3.63) is 0 Å².